The lowest BCUT2D eigenvalue weighted by Crippen LogP contribution is -2.06. The van der Waals surface area contributed by atoms with E-state index in [1.54, 1.807) is 0 Å². The summed E-state index contributed by atoms with van der Waals surface area (Å²) in [7, 11) is -4.44. The second-order valence-corrected chi connectivity index (χ2v) is 4.14. The Morgan fingerprint density at radius 2 is 1.80 bits per heavy atom. The maximum atomic E-state index is 10.9. The Morgan fingerprint density at radius 1 is 1.27 bits per heavy atom. The van der Waals surface area contributed by atoms with Crippen molar-refractivity contribution in [3.8, 4) is 0 Å². The van der Waals surface area contributed by atoms with Crippen molar-refractivity contribution in [2.45, 2.75) is 4.90 Å². The highest BCUT2D eigenvalue weighted by molar-refractivity contribution is 7.86. The summed E-state index contributed by atoms with van der Waals surface area (Å²) in [5, 5.41) is 8.65. The molecule has 5 nitrogen and oxygen atoms in total. The molecule has 15 heavy (non-hydrogen) atoms. The molecular formula is C9H8O5S. The average Bonchev–Trinajstić information content (AvgIpc) is 2.15. The summed E-state index contributed by atoms with van der Waals surface area (Å²) in [6.45, 7) is 3.22. The van der Waals surface area contributed by atoms with E-state index in [2.05, 4.69) is 6.58 Å². The van der Waals surface area contributed by atoms with Crippen LogP contribution in [0.4, 0.5) is 0 Å². The Morgan fingerprint density at radius 3 is 2.27 bits per heavy atom. The Labute approximate surface area is 86.4 Å². The number of rotatable bonds is 3. The molecule has 0 aromatic heterocycles. The highest BCUT2D eigenvalue weighted by Gasteiger charge is 2.19. The van der Waals surface area contributed by atoms with Crippen molar-refractivity contribution >= 4 is 21.7 Å². The molecule has 6 heteroatoms. The first-order valence-electron chi connectivity index (χ1n) is 3.83. The van der Waals surface area contributed by atoms with Gasteiger partial charge in [-0.2, -0.15) is 8.42 Å². The van der Waals surface area contributed by atoms with Gasteiger partial charge in [0.2, 0.25) is 0 Å². The van der Waals surface area contributed by atoms with Crippen LogP contribution in [-0.4, -0.2) is 24.0 Å². The van der Waals surface area contributed by atoms with Crippen LogP contribution in [0.25, 0.3) is 5.57 Å². The standard InChI is InChI=1S/C9H8O5S/c1-6(9(10)11)7-4-2-3-5-8(7)15(12,13)14/h2-5H,1H2,(H,10,11)(H,12,13,14). The van der Waals surface area contributed by atoms with Crippen molar-refractivity contribution in [1.82, 2.24) is 0 Å². The fraction of sp³-hybridized carbons (Fsp3) is 0. The topological polar surface area (TPSA) is 91.7 Å². The predicted octanol–water partition coefficient (Wildman–Crippen LogP) is 1.03. The molecule has 2 N–H and O–H groups in total. The average molecular weight is 228 g/mol. The number of carboxylic acid groups (broad SMARTS) is 1. The van der Waals surface area contributed by atoms with Gasteiger partial charge in [-0.1, -0.05) is 24.8 Å². The van der Waals surface area contributed by atoms with Gasteiger partial charge in [-0.15, -0.1) is 0 Å². The minimum Gasteiger partial charge on any atom is -0.478 e. The van der Waals surface area contributed by atoms with Crippen molar-refractivity contribution in [2.75, 3.05) is 0 Å². The van der Waals surface area contributed by atoms with Gasteiger partial charge in [0.1, 0.15) is 4.90 Å². The Bertz CT molecular complexity index is 515. The fourth-order valence-corrected chi connectivity index (χ4v) is 1.78. The lowest BCUT2D eigenvalue weighted by atomic mass is 10.1. The van der Waals surface area contributed by atoms with Gasteiger partial charge in [0, 0.05) is 5.56 Å². The molecular weight excluding hydrogens is 220 g/mol. The quantitative estimate of drug-likeness (QED) is 0.595. The summed E-state index contributed by atoms with van der Waals surface area (Å²) in [5.74, 6) is -1.34. The highest BCUT2D eigenvalue weighted by Crippen LogP contribution is 2.21. The van der Waals surface area contributed by atoms with Crippen molar-refractivity contribution in [3.63, 3.8) is 0 Å². The van der Waals surface area contributed by atoms with E-state index in [9.17, 15) is 13.2 Å². The third-order valence-corrected chi connectivity index (χ3v) is 2.66. The zero-order valence-electron chi connectivity index (χ0n) is 7.54. The maximum absolute atomic E-state index is 10.9. The SMILES string of the molecule is C=C(C(=O)O)c1ccccc1S(=O)(=O)O. The van der Waals surface area contributed by atoms with E-state index in [1.807, 2.05) is 0 Å². The summed E-state index contributed by atoms with van der Waals surface area (Å²) < 4.78 is 30.6. The number of hydrogen-bond donors (Lipinski definition) is 2. The van der Waals surface area contributed by atoms with Crippen molar-refractivity contribution < 1.29 is 22.9 Å². The van der Waals surface area contributed by atoms with Gasteiger partial charge >= 0.3 is 5.97 Å². The summed E-state index contributed by atoms with van der Waals surface area (Å²) in [4.78, 5) is 10.1. The van der Waals surface area contributed by atoms with Crippen LogP contribution >= 0.6 is 0 Å². The van der Waals surface area contributed by atoms with E-state index in [0.29, 0.717) is 0 Å². The molecule has 80 valence electrons. The summed E-state index contributed by atoms with van der Waals surface area (Å²) in [5.41, 5.74) is -0.504. The van der Waals surface area contributed by atoms with Gasteiger partial charge in [0.25, 0.3) is 10.1 Å². The van der Waals surface area contributed by atoms with E-state index in [-0.39, 0.29) is 11.1 Å². The van der Waals surface area contributed by atoms with Crippen LogP contribution in [0.2, 0.25) is 0 Å². The molecule has 0 amide bonds. The third kappa shape index (κ3) is 2.42. The molecule has 0 fully saturated rings. The van der Waals surface area contributed by atoms with E-state index in [0.717, 1.165) is 6.07 Å². The lowest BCUT2D eigenvalue weighted by Gasteiger charge is -2.05. The van der Waals surface area contributed by atoms with Gasteiger partial charge in [0.05, 0.1) is 5.57 Å². The minimum absolute atomic E-state index is 0.118. The lowest BCUT2D eigenvalue weighted by molar-refractivity contribution is -0.130. The molecule has 0 saturated carbocycles. The second-order valence-electron chi connectivity index (χ2n) is 2.75. The molecule has 0 atom stereocenters. The van der Waals surface area contributed by atoms with E-state index < -0.39 is 21.0 Å². The molecule has 0 radical (unpaired) electrons. The highest BCUT2D eigenvalue weighted by atomic mass is 32.2. The summed E-state index contributed by atoms with van der Waals surface area (Å²) in [6.07, 6.45) is 0. The first kappa shape index (κ1) is 11.4. The van der Waals surface area contributed by atoms with Crippen molar-refractivity contribution in [2.24, 2.45) is 0 Å². The zero-order valence-corrected chi connectivity index (χ0v) is 8.36. The van der Waals surface area contributed by atoms with Crippen LogP contribution in [0.1, 0.15) is 5.56 Å². The number of hydrogen-bond acceptors (Lipinski definition) is 3. The van der Waals surface area contributed by atoms with Crippen LogP contribution in [0, 0.1) is 0 Å². The Kier molecular flexibility index (Phi) is 2.92. The van der Waals surface area contributed by atoms with Crippen LogP contribution < -0.4 is 0 Å². The Balaban J connectivity index is 3.44. The third-order valence-electron chi connectivity index (χ3n) is 1.75. The van der Waals surface area contributed by atoms with Crippen LogP contribution in [0.3, 0.4) is 0 Å². The molecule has 0 aliphatic rings. The maximum Gasteiger partial charge on any atom is 0.335 e. The van der Waals surface area contributed by atoms with Crippen molar-refractivity contribution in [1.29, 1.82) is 0 Å². The summed E-state index contributed by atoms with van der Waals surface area (Å²) >= 11 is 0. The molecule has 0 heterocycles. The first-order chi connectivity index (χ1) is 6.84. The molecule has 0 unspecified atom stereocenters. The summed E-state index contributed by atoms with van der Waals surface area (Å²) in [6, 6.07) is 5.21. The monoisotopic (exact) mass is 228 g/mol. The van der Waals surface area contributed by atoms with Crippen LogP contribution in [0.15, 0.2) is 35.7 Å². The molecule has 0 saturated heterocycles. The normalized spacial score (nSPS) is 11.0. The van der Waals surface area contributed by atoms with Gasteiger partial charge < -0.3 is 5.11 Å². The number of aliphatic carboxylic acids is 1. The van der Waals surface area contributed by atoms with E-state index >= 15 is 0 Å². The second kappa shape index (κ2) is 3.84. The first-order valence-corrected chi connectivity index (χ1v) is 5.27. The van der Waals surface area contributed by atoms with Gasteiger partial charge in [0.15, 0.2) is 0 Å². The minimum atomic E-state index is -4.44. The molecule has 0 spiro atoms. The zero-order chi connectivity index (χ0) is 11.6. The molecule has 0 aliphatic heterocycles. The van der Waals surface area contributed by atoms with Crippen molar-refractivity contribution in [3.05, 3.63) is 36.4 Å². The smallest absolute Gasteiger partial charge is 0.335 e. The largest absolute Gasteiger partial charge is 0.478 e. The van der Waals surface area contributed by atoms with Gasteiger partial charge in [-0.05, 0) is 6.07 Å². The van der Waals surface area contributed by atoms with Gasteiger partial charge in [-0.3, -0.25) is 4.55 Å². The van der Waals surface area contributed by atoms with E-state index in [1.165, 1.54) is 18.2 Å². The molecule has 1 aromatic carbocycles. The van der Waals surface area contributed by atoms with Crippen LogP contribution in [0.5, 0.6) is 0 Å². The van der Waals surface area contributed by atoms with Gasteiger partial charge in [-0.25, -0.2) is 4.79 Å². The molecule has 1 aromatic rings. The fourth-order valence-electron chi connectivity index (χ4n) is 1.06. The van der Waals surface area contributed by atoms with E-state index in [4.69, 9.17) is 9.66 Å². The number of carboxylic acids is 1. The number of carbonyl (C=O) groups is 1. The molecule has 1 rings (SSSR count). The van der Waals surface area contributed by atoms with Crippen LogP contribution in [-0.2, 0) is 14.9 Å². The molecule has 0 bridgehead atoms. The Hall–Kier alpha value is -1.66. The molecule has 0 aliphatic carbocycles. The predicted molar refractivity (Wildman–Crippen MR) is 52.9 cm³/mol. The number of benzene rings is 1.